The third kappa shape index (κ3) is 2.81. The summed E-state index contributed by atoms with van der Waals surface area (Å²) in [6.07, 6.45) is 0. The summed E-state index contributed by atoms with van der Waals surface area (Å²) < 4.78 is 6.79. The lowest BCUT2D eigenvalue weighted by molar-refractivity contribution is -0.144. The summed E-state index contributed by atoms with van der Waals surface area (Å²) in [4.78, 5) is 16.5. The van der Waals surface area contributed by atoms with Gasteiger partial charge in [-0.3, -0.25) is 9.48 Å². The maximum absolute atomic E-state index is 12.2. The third-order valence-electron chi connectivity index (χ3n) is 2.82. The summed E-state index contributed by atoms with van der Waals surface area (Å²) in [5.74, 6) is 0.404. The smallest absolute Gasteiger partial charge is 0.321 e. The zero-order chi connectivity index (χ0) is 13.8. The van der Waals surface area contributed by atoms with Crippen molar-refractivity contribution in [3.63, 3.8) is 0 Å². The van der Waals surface area contributed by atoms with Crippen molar-refractivity contribution in [3.05, 3.63) is 47.5 Å². The predicted octanol–water partition coefficient (Wildman–Crippen LogP) is 1.82. The zero-order valence-corrected chi connectivity index (χ0v) is 11.3. The quantitative estimate of drug-likeness (QED) is 0.786. The van der Waals surface area contributed by atoms with E-state index in [1.165, 1.54) is 0 Å². The maximum atomic E-state index is 12.2. The number of benzene rings is 1. The molecule has 1 unspecified atom stereocenters. The molecule has 0 amide bonds. The maximum Gasteiger partial charge on any atom is 0.321 e. The zero-order valence-electron chi connectivity index (χ0n) is 11.3. The summed E-state index contributed by atoms with van der Waals surface area (Å²) in [6, 6.07) is 9.49. The molecule has 0 aliphatic heterocycles. The molecule has 5 heteroatoms. The molecule has 2 aromatic rings. The normalized spacial score (nSPS) is 12.2. The van der Waals surface area contributed by atoms with Gasteiger partial charge in [-0.05, 0) is 19.4 Å². The van der Waals surface area contributed by atoms with E-state index in [0.29, 0.717) is 18.3 Å². The van der Waals surface area contributed by atoms with Crippen molar-refractivity contribution in [2.75, 3.05) is 6.61 Å². The number of carbonyl (C=O) groups excluding carboxylic acids is 1. The molecule has 1 heterocycles. The van der Waals surface area contributed by atoms with Crippen LogP contribution in [-0.2, 0) is 16.6 Å². The number of aromatic nitrogens is 3. The minimum absolute atomic E-state index is 0.302. The van der Waals surface area contributed by atoms with Crippen LogP contribution in [0.25, 0.3) is 0 Å². The Morgan fingerprint density at radius 2 is 2.05 bits per heavy atom. The molecule has 0 spiro atoms. The molecular weight excluding hydrogens is 242 g/mol. The number of esters is 1. The lowest BCUT2D eigenvalue weighted by Gasteiger charge is -2.14. The van der Waals surface area contributed by atoms with E-state index < -0.39 is 5.92 Å². The van der Waals surface area contributed by atoms with E-state index in [-0.39, 0.29) is 5.97 Å². The van der Waals surface area contributed by atoms with Gasteiger partial charge in [0.05, 0.1) is 6.61 Å². The number of rotatable bonds is 4. The Morgan fingerprint density at radius 1 is 1.37 bits per heavy atom. The summed E-state index contributed by atoms with van der Waals surface area (Å²) in [5.41, 5.74) is 0.858. The number of hydrogen-bond acceptors (Lipinski definition) is 4. The molecule has 0 saturated heterocycles. The van der Waals surface area contributed by atoms with E-state index in [0.717, 1.165) is 5.56 Å². The van der Waals surface area contributed by atoms with Gasteiger partial charge in [0.1, 0.15) is 17.6 Å². The van der Waals surface area contributed by atoms with Crippen molar-refractivity contribution in [1.82, 2.24) is 14.8 Å². The highest BCUT2D eigenvalue weighted by atomic mass is 16.5. The molecule has 1 aromatic carbocycles. The Morgan fingerprint density at radius 3 is 2.58 bits per heavy atom. The fourth-order valence-electron chi connectivity index (χ4n) is 2.04. The molecule has 100 valence electrons. The van der Waals surface area contributed by atoms with E-state index in [1.54, 1.807) is 25.6 Å². The van der Waals surface area contributed by atoms with Crippen LogP contribution < -0.4 is 0 Å². The highest BCUT2D eigenvalue weighted by molar-refractivity contribution is 5.81. The van der Waals surface area contributed by atoms with Crippen molar-refractivity contribution in [2.45, 2.75) is 19.8 Å². The third-order valence-corrected chi connectivity index (χ3v) is 2.82. The first-order chi connectivity index (χ1) is 9.13. The van der Waals surface area contributed by atoms with Crippen LogP contribution in [0.5, 0.6) is 0 Å². The molecule has 0 radical (unpaired) electrons. The summed E-state index contributed by atoms with van der Waals surface area (Å²) >= 11 is 0. The largest absolute Gasteiger partial charge is 0.465 e. The van der Waals surface area contributed by atoms with Crippen LogP contribution in [-0.4, -0.2) is 27.3 Å². The van der Waals surface area contributed by atoms with Crippen molar-refractivity contribution in [2.24, 2.45) is 7.05 Å². The summed E-state index contributed by atoms with van der Waals surface area (Å²) in [6.45, 7) is 3.94. The van der Waals surface area contributed by atoms with Gasteiger partial charge in [0.2, 0.25) is 0 Å². The first-order valence-corrected chi connectivity index (χ1v) is 6.22. The molecule has 2 rings (SSSR count). The van der Waals surface area contributed by atoms with Gasteiger partial charge in [0.15, 0.2) is 0 Å². The molecule has 5 nitrogen and oxygen atoms in total. The molecule has 0 aliphatic carbocycles. The Balaban J connectivity index is 2.46. The van der Waals surface area contributed by atoms with Crippen LogP contribution >= 0.6 is 0 Å². The first-order valence-electron chi connectivity index (χ1n) is 6.22. The van der Waals surface area contributed by atoms with Crippen LogP contribution in [0.1, 0.15) is 30.1 Å². The molecule has 19 heavy (non-hydrogen) atoms. The highest BCUT2D eigenvalue weighted by Gasteiger charge is 2.28. The fourth-order valence-corrected chi connectivity index (χ4v) is 2.04. The number of ether oxygens (including phenoxy) is 1. The van der Waals surface area contributed by atoms with Crippen LogP contribution in [0, 0.1) is 6.92 Å². The number of aryl methyl sites for hydroxylation is 2. The van der Waals surface area contributed by atoms with Crippen molar-refractivity contribution in [3.8, 4) is 0 Å². The fraction of sp³-hybridized carbons (Fsp3) is 0.357. The van der Waals surface area contributed by atoms with Gasteiger partial charge < -0.3 is 4.74 Å². The lowest BCUT2D eigenvalue weighted by atomic mass is 9.98. The van der Waals surface area contributed by atoms with Gasteiger partial charge in [0, 0.05) is 7.05 Å². The summed E-state index contributed by atoms with van der Waals surface area (Å²) in [5, 5.41) is 4.20. The number of nitrogens with zero attached hydrogens (tertiary/aromatic N) is 3. The predicted molar refractivity (Wildman–Crippen MR) is 70.7 cm³/mol. The van der Waals surface area contributed by atoms with Crippen LogP contribution in [0.4, 0.5) is 0 Å². The number of hydrogen-bond donors (Lipinski definition) is 0. The van der Waals surface area contributed by atoms with Crippen LogP contribution in [0.2, 0.25) is 0 Å². The van der Waals surface area contributed by atoms with E-state index in [2.05, 4.69) is 10.1 Å². The molecule has 0 bridgehead atoms. The molecule has 0 saturated carbocycles. The van der Waals surface area contributed by atoms with E-state index in [1.807, 2.05) is 30.3 Å². The monoisotopic (exact) mass is 259 g/mol. The molecule has 0 fully saturated rings. The summed E-state index contributed by atoms with van der Waals surface area (Å²) in [7, 11) is 1.78. The highest BCUT2D eigenvalue weighted by Crippen LogP contribution is 2.24. The molecule has 0 N–H and O–H groups in total. The van der Waals surface area contributed by atoms with E-state index in [9.17, 15) is 4.79 Å². The second-order valence-corrected chi connectivity index (χ2v) is 4.24. The Hall–Kier alpha value is -2.17. The topological polar surface area (TPSA) is 57.0 Å². The standard InChI is InChI=1S/C14H17N3O2/c1-4-19-14(18)12(11-8-6-5-7-9-11)13-15-10(2)16-17(13)3/h5-9,12H,4H2,1-3H3. The number of carbonyl (C=O) groups is 1. The molecule has 1 aromatic heterocycles. The molecule has 1 atom stereocenters. The SMILES string of the molecule is CCOC(=O)C(c1ccccc1)c1nc(C)nn1C. The van der Waals surface area contributed by atoms with Gasteiger partial charge in [-0.1, -0.05) is 30.3 Å². The van der Waals surface area contributed by atoms with E-state index >= 15 is 0 Å². The Bertz CT molecular complexity index is 563. The average Bonchev–Trinajstić information content (AvgIpc) is 2.70. The second-order valence-electron chi connectivity index (χ2n) is 4.24. The second kappa shape index (κ2) is 5.65. The van der Waals surface area contributed by atoms with E-state index in [4.69, 9.17) is 4.74 Å². The van der Waals surface area contributed by atoms with Crippen LogP contribution in [0.15, 0.2) is 30.3 Å². The minimum Gasteiger partial charge on any atom is -0.465 e. The van der Waals surface area contributed by atoms with Gasteiger partial charge in [0.25, 0.3) is 0 Å². The molecule has 0 aliphatic rings. The average molecular weight is 259 g/mol. The van der Waals surface area contributed by atoms with Gasteiger partial charge in [-0.15, -0.1) is 0 Å². The van der Waals surface area contributed by atoms with Gasteiger partial charge in [-0.2, -0.15) is 5.10 Å². The van der Waals surface area contributed by atoms with Crippen molar-refractivity contribution in [1.29, 1.82) is 0 Å². The minimum atomic E-state index is -0.535. The Labute approximate surface area is 112 Å². The van der Waals surface area contributed by atoms with Crippen LogP contribution in [0.3, 0.4) is 0 Å². The lowest BCUT2D eigenvalue weighted by Crippen LogP contribution is -2.20. The van der Waals surface area contributed by atoms with Crippen molar-refractivity contribution >= 4 is 5.97 Å². The van der Waals surface area contributed by atoms with Crippen molar-refractivity contribution < 1.29 is 9.53 Å². The first kappa shape index (κ1) is 13.3. The van der Waals surface area contributed by atoms with Gasteiger partial charge in [-0.25, -0.2) is 4.98 Å². The Kier molecular flexibility index (Phi) is 3.94. The molecular formula is C14H17N3O2. The van der Waals surface area contributed by atoms with Gasteiger partial charge >= 0.3 is 5.97 Å².